The van der Waals surface area contributed by atoms with Gasteiger partial charge >= 0.3 is 0 Å². The molecule has 0 atom stereocenters. The van der Waals surface area contributed by atoms with E-state index >= 15 is 0 Å². The molecular weight excluding hydrogens is 447 g/mol. The van der Waals surface area contributed by atoms with Crippen LogP contribution < -0.4 is 10.8 Å². The van der Waals surface area contributed by atoms with Gasteiger partial charge in [0.1, 0.15) is 19.3 Å². The van der Waals surface area contributed by atoms with Crippen molar-refractivity contribution < 1.29 is 8.42 Å². The van der Waals surface area contributed by atoms with E-state index in [0.29, 0.717) is 48.5 Å². The molecule has 8 nitrogen and oxygen atoms in total. The predicted octanol–water partition coefficient (Wildman–Crippen LogP) is 2.41. The number of piperidine rings is 1. The molecule has 1 aliphatic rings. The van der Waals surface area contributed by atoms with Crippen molar-refractivity contribution in [2.45, 2.75) is 37.1 Å². The molecule has 0 saturated carbocycles. The van der Waals surface area contributed by atoms with Gasteiger partial charge in [-0.1, -0.05) is 18.2 Å². The van der Waals surface area contributed by atoms with Crippen molar-refractivity contribution in [3.63, 3.8) is 0 Å². The zero-order valence-electron chi connectivity index (χ0n) is 18.9. The summed E-state index contributed by atoms with van der Waals surface area (Å²) in [5.74, 6) is 0.914. The van der Waals surface area contributed by atoms with Gasteiger partial charge < -0.3 is 5.32 Å². The number of benzene rings is 1. The maximum Gasteiger partial charge on any atom is 0.243 e. The Labute approximate surface area is 200 Å². The van der Waals surface area contributed by atoms with Crippen LogP contribution in [-0.2, 0) is 16.6 Å². The molecule has 1 N–H and O–H groups in total. The lowest BCUT2D eigenvalue weighted by atomic mass is 9.94. The number of aryl methyl sites for hydroxylation is 1. The van der Waals surface area contributed by atoms with Crippen LogP contribution in [0.25, 0.3) is 5.65 Å². The van der Waals surface area contributed by atoms with Crippen molar-refractivity contribution in [3.8, 4) is 0 Å². The van der Waals surface area contributed by atoms with E-state index in [9.17, 15) is 8.42 Å². The third-order valence-electron chi connectivity index (χ3n) is 6.21. The summed E-state index contributed by atoms with van der Waals surface area (Å²) in [6.07, 6.45) is 6.52. The number of hydrogen-bond donors (Lipinski definition) is 1. The molecule has 0 bridgehead atoms. The van der Waals surface area contributed by atoms with Crippen LogP contribution in [0.15, 0.2) is 66.0 Å². The molecule has 0 unspecified atom stereocenters. The molecule has 0 aliphatic carbocycles. The summed E-state index contributed by atoms with van der Waals surface area (Å²) in [5, 5.41) is 7.78. The van der Waals surface area contributed by atoms with Crippen LogP contribution in [0.3, 0.4) is 0 Å². The second-order valence-corrected chi connectivity index (χ2v) is 10.5. The lowest BCUT2D eigenvalue weighted by Gasteiger charge is -2.31. The first-order valence-corrected chi connectivity index (χ1v) is 12.7. The Morgan fingerprint density at radius 3 is 2.68 bits per heavy atom. The molecule has 10 heteroatoms. The lowest BCUT2D eigenvalue weighted by molar-refractivity contribution is 0.317. The average Bonchev–Trinajstić information content (AvgIpc) is 3.24. The van der Waals surface area contributed by atoms with Crippen LogP contribution in [0, 0.1) is 6.92 Å². The zero-order valence-corrected chi connectivity index (χ0v) is 19.7. The Bertz CT molecular complexity index is 1420. The van der Waals surface area contributed by atoms with Gasteiger partial charge in [0.05, 0.1) is 4.90 Å². The highest BCUT2D eigenvalue weighted by molar-refractivity contribution is 7.89. The Balaban J connectivity index is 1.36. The fraction of sp³-hybridized carbons (Fsp3) is 0.292. The molecule has 34 heavy (non-hydrogen) atoms. The van der Waals surface area contributed by atoms with Crippen molar-refractivity contribution in [1.82, 2.24) is 23.9 Å². The molecule has 1 aliphatic heterocycles. The van der Waals surface area contributed by atoms with Gasteiger partial charge in [-0.3, -0.25) is 4.98 Å². The molecule has 172 valence electrons. The van der Waals surface area contributed by atoms with Crippen LogP contribution in [0.2, 0.25) is 0 Å². The number of anilines is 1. The van der Waals surface area contributed by atoms with Crippen molar-refractivity contribution in [2.75, 3.05) is 18.4 Å². The van der Waals surface area contributed by atoms with Gasteiger partial charge in [0.2, 0.25) is 10.0 Å². The Hall–Kier alpha value is -3.24. The van der Waals surface area contributed by atoms with Crippen LogP contribution in [0.5, 0.6) is 0 Å². The molecule has 5 rings (SSSR count). The van der Waals surface area contributed by atoms with Crippen molar-refractivity contribution in [2.24, 2.45) is 0 Å². The van der Waals surface area contributed by atoms with E-state index < -0.39 is 10.0 Å². The Morgan fingerprint density at radius 2 is 1.94 bits per heavy atom. The zero-order chi connectivity index (χ0) is 23.7. The summed E-state index contributed by atoms with van der Waals surface area (Å²) >= 11 is 0. The van der Waals surface area contributed by atoms with Crippen LogP contribution in [0.1, 0.15) is 35.6 Å². The minimum absolute atomic E-state index is 0.127. The van der Waals surface area contributed by atoms with Gasteiger partial charge in [0.15, 0.2) is 0 Å². The van der Waals surface area contributed by atoms with E-state index in [1.54, 1.807) is 39.4 Å². The summed E-state index contributed by atoms with van der Waals surface area (Å²) in [5.41, 5.74) is 3.97. The van der Waals surface area contributed by atoms with E-state index in [2.05, 4.69) is 15.4 Å². The van der Waals surface area contributed by atoms with E-state index in [1.807, 2.05) is 37.4 Å². The molecular formula is C24H25BN6O2S. The molecule has 1 fully saturated rings. The van der Waals surface area contributed by atoms with E-state index in [1.165, 1.54) is 0 Å². The van der Waals surface area contributed by atoms with Gasteiger partial charge in [-0.05, 0) is 54.6 Å². The maximum absolute atomic E-state index is 13.1. The highest BCUT2D eigenvalue weighted by atomic mass is 32.2. The number of rotatable bonds is 6. The lowest BCUT2D eigenvalue weighted by Crippen LogP contribution is -2.38. The molecule has 4 aromatic rings. The number of pyridine rings is 1. The van der Waals surface area contributed by atoms with Gasteiger partial charge in [-0.15, -0.1) is 0 Å². The topological polar surface area (TPSA) is 92.5 Å². The third-order valence-corrected chi connectivity index (χ3v) is 8.11. The van der Waals surface area contributed by atoms with Gasteiger partial charge in [-0.25, -0.2) is 13.4 Å². The fourth-order valence-corrected chi connectivity index (χ4v) is 5.92. The highest BCUT2D eigenvalue weighted by Gasteiger charge is 2.31. The predicted molar refractivity (Wildman–Crippen MR) is 132 cm³/mol. The molecule has 2 radical (unpaired) electrons. The second kappa shape index (κ2) is 9.19. The maximum atomic E-state index is 13.1. The van der Waals surface area contributed by atoms with Gasteiger partial charge in [0, 0.05) is 55.9 Å². The summed E-state index contributed by atoms with van der Waals surface area (Å²) in [7, 11) is 2.63. The van der Waals surface area contributed by atoms with Crippen LogP contribution in [0.4, 0.5) is 5.82 Å². The third kappa shape index (κ3) is 4.43. The van der Waals surface area contributed by atoms with Crippen LogP contribution in [-0.4, -0.2) is 53.2 Å². The minimum Gasteiger partial charge on any atom is -0.366 e. The molecule has 0 amide bonds. The first-order chi connectivity index (χ1) is 16.4. The quantitative estimate of drug-likeness (QED) is 0.434. The Morgan fingerprint density at radius 1 is 1.12 bits per heavy atom. The van der Waals surface area contributed by atoms with Gasteiger partial charge in [0.25, 0.3) is 0 Å². The summed E-state index contributed by atoms with van der Waals surface area (Å²) < 4.78 is 29.5. The number of nitrogens with one attached hydrogen (secondary N) is 1. The second-order valence-electron chi connectivity index (χ2n) is 8.61. The number of sulfonamides is 1. The minimum atomic E-state index is -3.51. The Kier molecular flexibility index (Phi) is 6.10. The number of hydrogen-bond acceptors (Lipinski definition) is 6. The summed E-state index contributed by atoms with van der Waals surface area (Å²) in [6.45, 7) is 3.37. The molecule has 3 aromatic heterocycles. The van der Waals surface area contributed by atoms with Crippen molar-refractivity contribution in [3.05, 3.63) is 77.9 Å². The summed E-state index contributed by atoms with van der Waals surface area (Å²) in [6, 6.07) is 13.0. The normalized spacial score (nSPS) is 15.6. The number of nitrogens with zero attached hydrogens (tertiary/aromatic N) is 5. The van der Waals surface area contributed by atoms with E-state index in [0.717, 1.165) is 22.6 Å². The summed E-state index contributed by atoms with van der Waals surface area (Å²) in [4.78, 5) is 9.29. The monoisotopic (exact) mass is 472 g/mol. The largest absolute Gasteiger partial charge is 0.366 e. The highest BCUT2D eigenvalue weighted by Crippen LogP contribution is 2.31. The van der Waals surface area contributed by atoms with E-state index in [4.69, 9.17) is 12.8 Å². The van der Waals surface area contributed by atoms with Crippen LogP contribution >= 0.6 is 0 Å². The molecule has 1 aromatic carbocycles. The molecule has 4 heterocycles. The fourth-order valence-electron chi connectivity index (χ4n) is 4.35. The van der Waals surface area contributed by atoms with Crippen molar-refractivity contribution >= 4 is 34.8 Å². The average molecular weight is 472 g/mol. The first-order valence-electron chi connectivity index (χ1n) is 11.3. The van der Waals surface area contributed by atoms with E-state index in [-0.39, 0.29) is 5.92 Å². The first kappa shape index (κ1) is 22.6. The van der Waals surface area contributed by atoms with Crippen molar-refractivity contribution in [1.29, 1.82) is 0 Å². The van der Waals surface area contributed by atoms with Gasteiger partial charge in [-0.2, -0.15) is 13.9 Å². The SMILES string of the molecule is [B]c1cnn2c(NCc3cccnc3)cc(C3CCN(S(=O)(=O)c4cccc(C)c4)CC3)nc12. The molecule has 1 saturated heterocycles. The number of fused-ring (bicyclic) bond motifs is 1. The smallest absolute Gasteiger partial charge is 0.243 e. The standard InChI is InChI=1S/C24H25BN6O2S/c1-17-4-2-6-20(12-17)34(32,33)30-10-7-19(8-11-30)22-13-23(27-15-18-5-3-9-26-14-18)31-24(29-22)21(25)16-28-31/h2-6,9,12-14,16,19,27H,7-8,10-11,15H2,1H3. The number of aromatic nitrogens is 4. The molecule has 0 spiro atoms.